The fraction of sp³-hybridized carbons (Fsp3) is 0.720. The Kier molecular flexibility index (Phi) is 5.53. The molecule has 0 aliphatic carbocycles. The molecule has 0 unspecified atom stereocenters. The molecular formula is C25H37N3O2. The van der Waals surface area contributed by atoms with Gasteiger partial charge in [0.05, 0.1) is 5.41 Å². The highest BCUT2D eigenvalue weighted by atomic mass is 16.5. The topological polar surface area (TPSA) is 36.0 Å². The third kappa shape index (κ3) is 3.44. The molecule has 4 saturated heterocycles. The number of benzene rings is 1. The molecule has 2 atom stereocenters. The molecule has 0 radical (unpaired) electrons. The Labute approximate surface area is 181 Å². The van der Waals surface area contributed by atoms with E-state index in [4.69, 9.17) is 4.74 Å². The number of nitrogens with zero attached hydrogens (tertiary/aromatic N) is 3. The van der Waals surface area contributed by atoms with Crippen LogP contribution in [0, 0.1) is 5.41 Å². The standard InChI is InChI=1S/C25H37N3O2/c1-3-20-17-21(26-13-8-22(18-26)27-12-4-5-19(27)2)6-7-23(20)28-14-9-25(24(28)29)10-15-30-16-11-25/h6-7,17,19,22H,3-5,8-16,18H2,1-2H3/t19-,22-/m0/s1. The van der Waals surface area contributed by atoms with Crippen molar-refractivity contribution in [1.29, 1.82) is 0 Å². The number of carbonyl (C=O) groups excluding carboxylic acids is 1. The molecule has 0 N–H and O–H groups in total. The minimum atomic E-state index is -0.170. The lowest BCUT2D eigenvalue weighted by Crippen LogP contribution is -2.39. The summed E-state index contributed by atoms with van der Waals surface area (Å²) in [6, 6.07) is 8.26. The van der Waals surface area contributed by atoms with Crippen LogP contribution in [0.3, 0.4) is 0 Å². The van der Waals surface area contributed by atoms with E-state index in [1.807, 2.05) is 0 Å². The number of carbonyl (C=O) groups is 1. The molecule has 5 heteroatoms. The van der Waals surface area contributed by atoms with Crippen molar-refractivity contribution in [2.24, 2.45) is 5.41 Å². The number of likely N-dealkylation sites (tertiary alicyclic amines) is 1. The zero-order valence-corrected chi connectivity index (χ0v) is 18.7. The number of aryl methyl sites for hydroxylation is 1. The van der Waals surface area contributed by atoms with E-state index in [1.54, 1.807) is 0 Å². The second kappa shape index (κ2) is 8.16. The molecule has 5 rings (SSSR count). The fourth-order valence-electron chi connectivity index (χ4n) is 6.34. The van der Waals surface area contributed by atoms with Gasteiger partial charge in [0.1, 0.15) is 0 Å². The lowest BCUT2D eigenvalue weighted by atomic mass is 9.79. The first-order valence-electron chi connectivity index (χ1n) is 12.1. The van der Waals surface area contributed by atoms with Crippen molar-refractivity contribution >= 4 is 17.3 Å². The summed E-state index contributed by atoms with van der Waals surface area (Å²) in [6.45, 7) is 10.5. The molecule has 4 heterocycles. The lowest BCUT2D eigenvalue weighted by molar-refractivity contribution is -0.130. The summed E-state index contributed by atoms with van der Waals surface area (Å²) >= 11 is 0. The van der Waals surface area contributed by atoms with Gasteiger partial charge >= 0.3 is 0 Å². The van der Waals surface area contributed by atoms with E-state index in [2.05, 4.69) is 46.7 Å². The Hall–Kier alpha value is -1.59. The summed E-state index contributed by atoms with van der Waals surface area (Å²) in [5.41, 5.74) is 3.61. The molecular weight excluding hydrogens is 374 g/mol. The van der Waals surface area contributed by atoms with Crippen LogP contribution in [0.4, 0.5) is 11.4 Å². The molecule has 5 nitrogen and oxygen atoms in total. The molecule has 1 spiro atoms. The van der Waals surface area contributed by atoms with Gasteiger partial charge in [0, 0.05) is 56.3 Å². The normalized spacial score (nSPS) is 29.5. The summed E-state index contributed by atoms with van der Waals surface area (Å²) in [4.78, 5) is 20.7. The lowest BCUT2D eigenvalue weighted by Gasteiger charge is -2.32. The summed E-state index contributed by atoms with van der Waals surface area (Å²) in [6.07, 6.45) is 7.67. The first kappa shape index (κ1) is 20.3. The minimum Gasteiger partial charge on any atom is -0.381 e. The highest BCUT2D eigenvalue weighted by Gasteiger charge is 2.48. The molecule has 164 valence electrons. The second-order valence-corrected chi connectivity index (χ2v) is 9.88. The Morgan fingerprint density at radius 3 is 2.67 bits per heavy atom. The molecule has 1 amide bonds. The van der Waals surface area contributed by atoms with Crippen molar-refractivity contribution in [2.45, 2.75) is 70.9 Å². The van der Waals surface area contributed by atoms with E-state index in [-0.39, 0.29) is 5.41 Å². The van der Waals surface area contributed by atoms with E-state index < -0.39 is 0 Å². The van der Waals surface area contributed by atoms with Crippen LogP contribution in [0.15, 0.2) is 18.2 Å². The summed E-state index contributed by atoms with van der Waals surface area (Å²) in [7, 11) is 0. The van der Waals surface area contributed by atoms with Gasteiger partial charge in [-0.05, 0) is 82.2 Å². The molecule has 0 saturated carbocycles. The number of anilines is 2. The largest absolute Gasteiger partial charge is 0.381 e. The SMILES string of the molecule is CCc1cc(N2CC[C@H](N3CCC[C@@H]3C)C2)ccc1N1CCC2(CCOCC2)C1=O. The average molecular weight is 412 g/mol. The first-order chi connectivity index (χ1) is 14.6. The van der Waals surface area contributed by atoms with Crippen LogP contribution in [0.2, 0.25) is 0 Å². The average Bonchev–Trinajstić information content (AvgIpc) is 3.49. The predicted octanol–water partition coefficient (Wildman–Crippen LogP) is 3.85. The number of rotatable bonds is 4. The molecule has 1 aromatic rings. The van der Waals surface area contributed by atoms with Gasteiger partial charge in [-0.3, -0.25) is 9.69 Å². The molecule has 0 bridgehead atoms. The summed E-state index contributed by atoms with van der Waals surface area (Å²) < 4.78 is 5.54. The third-order valence-corrected chi connectivity index (χ3v) is 8.30. The van der Waals surface area contributed by atoms with Crippen LogP contribution in [-0.4, -0.2) is 62.3 Å². The van der Waals surface area contributed by atoms with Gasteiger partial charge in [0.25, 0.3) is 0 Å². The molecule has 1 aromatic carbocycles. The first-order valence-corrected chi connectivity index (χ1v) is 12.1. The number of hydrogen-bond donors (Lipinski definition) is 0. The minimum absolute atomic E-state index is 0.170. The fourth-order valence-corrected chi connectivity index (χ4v) is 6.34. The number of ether oxygens (including phenoxy) is 1. The maximum Gasteiger partial charge on any atom is 0.233 e. The zero-order valence-electron chi connectivity index (χ0n) is 18.7. The van der Waals surface area contributed by atoms with Crippen LogP contribution in [0.1, 0.15) is 57.9 Å². The maximum absolute atomic E-state index is 13.4. The van der Waals surface area contributed by atoms with Crippen LogP contribution < -0.4 is 9.80 Å². The third-order valence-electron chi connectivity index (χ3n) is 8.30. The highest BCUT2D eigenvalue weighted by Crippen LogP contribution is 2.44. The van der Waals surface area contributed by atoms with Gasteiger partial charge in [-0.25, -0.2) is 0 Å². The van der Waals surface area contributed by atoms with Crippen molar-refractivity contribution in [3.05, 3.63) is 23.8 Å². The van der Waals surface area contributed by atoms with Gasteiger partial charge in [-0.15, -0.1) is 0 Å². The zero-order chi connectivity index (χ0) is 20.7. The number of amides is 1. The van der Waals surface area contributed by atoms with Crippen molar-refractivity contribution < 1.29 is 9.53 Å². The maximum atomic E-state index is 13.4. The van der Waals surface area contributed by atoms with Gasteiger partial charge in [-0.2, -0.15) is 0 Å². The van der Waals surface area contributed by atoms with E-state index in [1.165, 1.54) is 37.1 Å². The Bertz CT molecular complexity index is 789. The van der Waals surface area contributed by atoms with Crippen molar-refractivity contribution in [1.82, 2.24) is 4.90 Å². The van der Waals surface area contributed by atoms with E-state index in [0.29, 0.717) is 11.9 Å². The van der Waals surface area contributed by atoms with Crippen molar-refractivity contribution in [3.63, 3.8) is 0 Å². The monoisotopic (exact) mass is 411 g/mol. The Balaban J connectivity index is 1.32. The quantitative estimate of drug-likeness (QED) is 0.754. The van der Waals surface area contributed by atoms with E-state index >= 15 is 0 Å². The molecule has 4 fully saturated rings. The highest BCUT2D eigenvalue weighted by molar-refractivity contribution is 6.00. The summed E-state index contributed by atoms with van der Waals surface area (Å²) in [5.74, 6) is 0.331. The van der Waals surface area contributed by atoms with E-state index in [9.17, 15) is 4.79 Å². The van der Waals surface area contributed by atoms with Gasteiger partial charge in [-0.1, -0.05) is 6.92 Å². The Morgan fingerprint density at radius 2 is 1.93 bits per heavy atom. The van der Waals surface area contributed by atoms with Crippen LogP contribution in [-0.2, 0) is 16.0 Å². The number of hydrogen-bond acceptors (Lipinski definition) is 4. The van der Waals surface area contributed by atoms with E-state index in [0.717, 1.165) is 70.3 Å². The summed E-state index contributed by atoms with van der Waals surface area (Å²) in [5, 5.41) is 0. The Morgan fingerprint density at radius 1 is 1.10 bits per heavy atom. The molecule has 0 aromatic heterocycles. The molecule has 4 aliphatic rings. The predicted molar refractivity (Wildman–Crippen MR) is 121 cm³/mol. The van der Waals surface area contributed by atoms with Crippen LogP contribution in [0.25, 0.3) is 0 Å². The molecule has 4 aliphatic heterocycles. The smallest absolute Gasteiger partial charge is 0.233 e. The van der Waals surface area contributed by atoms with Gasteiger partial charge in [0.2, 0.25) is 5.91 Å². The second-order valence-electron chi connectivity index (χ2n) is 9.88. The van der Waals surface area contributed by atoms with Crippen LogP contribution in [0.5, 0.6) is 0 Å². The van der Waals surface area contributed by atoms with Gasteiger partial charge in [0.15, 0.2) is 0 Å². The van der Waals surface area contributed by atoms with Gasteiger partial charge < -0.3 is 14.5 Å². The molecule has 30 heavy (non-hydrogen) atoms. The van der Waals surface area contributed by atoms with Crippen molar-refractivity contribution in [3.8, 4) is 0 Å². The van der Waals surface area contributed by atoms with Crippen molar-refractivity contribution in [2.75, 3.05) is 49.2 Å². The van der Waals surface area contributed by atoms with Crippen LogP contribution >= 0.6 is 0 Å².